The van der Waals surface area contributed by atoms with Gasteiger partial charge in [-0.15, -0.1) is 0 Å². The van der Waals surface area contributed by atoms with Gasteiger partial charge in [0.2, 0.25) is 0 Å². The molecule has 5 heteroatoms. The molecule has 0 saturated carbocycles. The van der Waals surface area contributed by atoms with Crippen molar-refractivity contribution in [1.82, 2.24) is 4.98 Å². The molecule has 0 fully saturated rings. The van der Waals surface area contributed by atoms with Gasteiger partial charge in [0.05, 0.1) is 18.8 Å². The van der Waals surface area contributed by atoms with Crippen LogP contribution >= 0.6 is 0 Å². The van der Waals surface area contributed by atoms with Crippen LogP contribution in [0.2, 0.25) is 0 Å². The number of aromatic carboxylic acids is 1. The van der Waals surface area contributed by atoms with E-state index in [9.17, 15) is 9.18 Å². The average Bonchev–Trinajstić information content (AvgIpc) is 2.42. The van der Waals surface area contributed by atoms with Gasteiger partial charge in [-0.1, -0.05) is 0 Å². The first-order valence-corrected chi connectivity index (χ1v) is 5.65. The quantitative estimate of drug-likeness (QED) is 0.898. The fourth-order valence-corrected chi connectivity index (χ4v) is 1.58. The lowest BCUT2D eigenvalue weighted by molar-refractivity contribution is 0.0696. The van der Waals surface area contributed by atoms with Crippen LogP contribution in [-0.4, -0.2) is 16.1 Å². The molecule has 2 aromatic rings. The van der Waals surface area contributed by atoms with E-state index in [1.807, 2.05) is 0 Å². The van der Waals surface area contributed by atoms with E-state index in [2.05, 4.69) is 4.98 Å². The van der Waals surface area contributed by atoms with Gasteiger partial charge in [0.25, 0.3) is 0 Å². The summed E-state index contributed by atoms with van der Waals surface area (Å²) in [6, 6.07) is 7.23. The Morgan fingerprint density at radius 3 is 2.63 bits per heavy atom. The molecule has 4 nitrogen and oxygen atoms in total. The molecule has 0 bridgehead atoms. The fraction of sp³-hybridized carbons (Fsp3) is 0.143. The Labute approximate surface area is 109 Å². The summed E-state index contributed by atoms with van der Waals surface area (Å²) in [6.07, 6.45) is 3.29. The number of ether oxygens (including phenoxy) is 1. The van der Waals surface area contributed by atoms with Crippen molar-refractivity contribution in [2.24, 2.45) is 0 Å². The lowest BCUT2D eigenvalue weighted by Crippen LogP contribution is -2.02. The summed E-state index contributed by atoms with van der Waals surface area (Å²) in [5.41, 5.74) is 1.20. The van der Waals surface area contributed by atoms with Crippen LogP contribution < -0.4 is 0 Å². The van der Waals surface area contributed by atoms with E-state index >= 15 is 0 Å². The number of pyridine rings is 1. The van der Waals surface area contributed by atoms with Crippen molar-refractivity contribution >= 4 is 5.97 Å². The molecule has 0 aliphatic heterocycles. The van der Waals surface area contributed by atoms with E-state index in [0.29, 0.717) is 6.61 Å². The van der Waals surface area contributed by atoms with Crippen LogP contribution in [0.15, 0.2) is 42.7 Å². The molecule has 0 unspecified atom stereocenters. The second kappa shape index (κ2) is 6.06. The molecule has 0 aliphatic carbocycles. The normalized spacial score (nSPS) is 10.4. The fourth-order valence-electron chi connectivity index (χ4n) is 1.58. The van der Waals surface area contributed by atoms with Crippen molar-refractivity contribution in [1.29, 1.82) is 0 Å². The molecular weight excluding hydrogens is 249 g/mol. The van der Waals surface area contributed by atoms with Crippen molar-refractivity contribution in [3.8, 4) is 0 Å². The monoisotopic (exact) mass is 261 g/mol. The molecule has 0 radical (unpaired) electrons. The number of nitrogens with zero attached hydrogens (tertiary/aromatic N) is 1. The third-order valence-corrected chi connectivity index (χ3v) is 2.57. The topological polar surface area (TPSA) is 59.4 Å². The highest BCUT2D eigenvalue weighted by Crippen LogP contribution is 2.13. The molecule has 19 heavy (non-hydrogen) atoms. The number of carboxylic acid groups (broad SMARTS) is 1. The van der Waals surface area contributed by atoms with Gasteiger partial charge in [-0.05, 0) is 35.9 Å². The Morgan fingerprint density at radius 2 is 1.95 bits per heavy atom. The second-order valence-electron chi connectivity index (χ2n) is 3.96. The Bertz CT molecular complexity index is 572. The van der Waals surface area contributed by atoms with Crippen molar-refractivity contribution in [3.63, 3.8) is 0 Å². The third kappa shape index (κ3) is 3.59. The molecule has 0 amide bonds. The third-order valence-electron chi connectivity index (χ3n) is 2.57. The maximum Gasteiger partial charge on any atom is 0.335 e. The zero-order valence-corrected chi connectivity index (χ0v) is 10.0. The van der Waals surface area contributed by atoms with Crippen LogP contribution in [0.5, 0.6) is 0 Å². The standard InChI is InChI=1S/C14H12FNO3/c15-13-2-1-11(14(17)18)7-12(13)9-19-8-10-3-5-16-6-4-10/h1-7H,8-9H2,(H,17,18). The summed E-state index contributed by atoms with van der Waals surface area (Å²) < 4.78 is 18.8. The van der Waals surface area contributed by atoms with Crippen molar-refractivity contribution in [2.45, 2.75) is 13.2 Å². The van der Waals surface area contributed by atoms with Gasteiger partial charge in [0, 0.05) is 18.0 Å². The van der Waals surface area contributed by atoms with Crippen LogP contribution in [0.4, 0.5) is 4.39 Å². The minimum Gasteiger partial charge on any atom is -0.478 e. The van der Waals surface area contributed by atoms with E-state index in [4.69, 9.17) is 9.84 Å². The Hall–Kier alpha value is -2.27. The highest BCUT2D eigenvalue weighted by molar-refractivity contribution is 5.87. The first kappa shape index (κ1) is 13.2. The van der Waals surface area contributed by atoms with Crippen LogP contribution in [0.3, 0.4) is 0 Å². The number of benzene rings is 1. The van der Waals surface area contributed by atoms with Crippen molar-refractivity contribution in [3.05, 3.63) is 65.2 Å². The molecule has 1 heterocycles. The Morgan fingerprint density at radius 1 is 1.21 bits per heavy atom. The highest BCUT2D eigenvalue weighted by Gasteiger charge is 2.08. The van der Waals surface area contributed by atoms with E-state index in [-0.39, 0.29) is 17.7 Å². The van der Waals surface area contributed by atoms with Gasteiger partial charge in [0.15, 0.2) is 0 Å². The average molecular weight is 261 g/mol. The van der Waals surface area contributed by atoms with Gasteiger partial charge >= 0.3 is 5.97 Å². The maximum absolute atomic E-state index is 13.5. The second-order valence-corrected chi connectivity index (χ2v) is 3.96. The molecular formula is C14H12FNO3. The van der Waals surface area contributed by atoms with Gasteiger partial charge in [-0.25, -0.2) is 9.18 Å². The maximum atomic E-state index is 13.5. The Balaban J connectivity index is 1.99. The van der Waals surface area contributed by atoms with Crippen LogP contribution in [0, 0.1) is 5.82 Å². The smallest absolute Gasteiger partial charge is 0.335 e. The molecule has 1 N–H and O–H groups in total. The summed E-state index contributed by atoms with van der Waals surface area (Å²) in [5.74, 6) is -1.56. The minimum atomic E-state index is -1.09. The van der Waals surface area contributed by atoms with Gasteiger partial charge < -0.3 is 9.84 Å². The molecule has 0 atom stereocenters. The number of carboxylic acids is 1. The molecule has 0 spiro atoms. The predicted octanol–water partition coefficient (Wildman–Crippen LogP) is 2.64. The number of carbonyl (C=O) groups is 1. The van der Waals surface area contributed by atoms with Crippen LogP contribution in [0.1, 0.15) is 21.5 Å². The molecule has 0 aliphatic rings. The zero-order chi connectivity index (χ0) is 13.7. The van der Waals surface area contributed by atoms with E-state index < -0.39 is 11.8 Å². The molecule has 2 rings (SSSR count). The first-order valence-electron chi connectivity index (χ1n) is 5.65. The SMILES string of the molecule is O=C(O)c1ccc(F)c(COCc2ccncc2)c1. The predicted molar refractivity (Wildman–Crippen MR) is 66.1 cm³/mol. The van der Waals surface area contributed by atoms with Gasteiger partial charge in [0.1, 0.15) is 5.82 Å². The van der Waals surface area contributed by atoms with E-state index in [1.165, 1.54) is 12.1 Å². The molecule has 0 saturated heterocycles. The molecule has 1 aromatic carbocycles. The summed E-state index contributed by atoms with van der Waals surface area (Å²) in [7, 11) is 0. The highest BCUT2D eigenvalue weighted by atomic mass is 19.1. The number of halogens is 1. The van der Waals surface area contributed by atoms with Crippen molar-refractivity contribution < 1.29 is 19.0 Å². The zero-order valence-electron chi connectivity index (χ0n) is 10.0. The number of aromatic nitrogens is 1. The van der Waals surface area contributed by atoms with Gasteiger partial charge in [-0.3, -0.25) is 4.98 Å². The summed E-state index contributed by atoms with van der Waals surface area (Å²) >= 11 is 0. The lowest BCUT2D eigenvalue weighted by Gasteiger charge is -2.06. The molecule has 1 aromatic heterocycles. The van der Waals surface area contributed by atoms with Crippen LogP contribution in [0.25, 0.3) is 0 Å². The number of hydrogen-bond donors (Lipinski definition) is 1. The number of rotatable bonds is 5. The molecule has 98 valence electrons. The largest absolute Gasteiger partial charge is 0.478 e. The van der Waals surface area contributed by atoms with E-state index in [1.54, 1.807) is 24.5 Å². The van der Waals surface area contributed by atoms with Crippen molar-refractivity contribution in [2.75, 3.05) is 0 Å². The summed E-state index contributed by atoms with van der Waals surface area (Å²) in [4.78, 5) is 14.7. The van der Waals surface area contributed by atoms with Crippen LogP contribution in [-0.2, 0) is 18.0 Å². The summed E-state index contributed by atoms with van der Waals surface area (Å²) in [6.45, 7) is 0.342. The number of hydrogen-bond acceptors (Lipinski definition) is 3. The Kier molecular flexibility index (Phi) is 4.20. The lowest BCUT2D eigenvalue weighted by atomic mass is 10.1. The summed E-state index contributed by atoms with van der Waals surface area (Å²) in [5, 5.41) is 8.83. The van der Waals surface area contributed by atoms with E-state index in [0.717, 1.165) is 11.6 Å². The minimum absolute atomic E-state index is 0.0231. The first-order chi connectivity index (χ1) is 9.16. The van der Waals surface area contributed by atoms with Gasteiger partial charge in [-0.2, -0.15) is 0 Å².